The first kappa shape index (κ1) is 19.3. The predicted molar refractivity (Wildman–Crippen MR) is 118 cm³/mol. The van der Waals surface area contributed by atoms with Crippen molar-refractivity contribution in [2.24, 2.45) is 7.05 Å². The van der Waals surface area contributed by atoms with Crippen molar-refractivity contribution in [3.05, 3.63) is 71.0 Å². The van der Waals surface area contributed by atoms with Crippen LogP contribution in [0.3, 0.4) is 0 Å². The van der Waals surface area contributed by atoms with Gasteiger partial charge in [-0.2, -0.15) is 0 Å². The first-order chi connectivity index (χ1) is 14.2. The molecule has 0 radical (unpaired) electrons. The van der Waals surface area contributed by atoms with Gasteiger partial charge in [0, 0.05) is 12.8 Å². The molecule has 4 rings (SSSR count). The Kier molecular flexibility index (Phi) is 5.71. The summed E-state index contributed by atoms with van der Waals surface area (Å²) in [4.78, 5) is 17.5. The highest BCUT2D eigenvalue weighted by molar-refractivity contribution is 7.99. The maximum Gasteiger partial charge on any atom is 0.261 e. The van der Waals surface area contributed by atoms with E-state index in [-0.39, 0.29) is 5.56 Å². The number of hydrogen-bond acceptors (Lipinski definition) is 5. The fourth-order valence-electron chi connectivity index (χ4n) is 3.15. The van der Waals surface area contributed by atoms with E-state index in [0.29, 0.717) is 12.0 Å². The van der Waals surface area contributed by atoms with E-state index in [0.717, 1.165) is 45.1 Å². The molecule has 1 heterocycles. The Morgan fingerprint density at radius 1 is 1.00 bits per heavy atom. The number of hydrogen-bond donors (Lipinski definition) is 0. The first-order valence-corrected chi connectivity index (χ1v) is 10.4. The quantitative estimate of drug-likeness (QED) is 0.193. The SMILES string of the molecule is COc1ccc(OCCCSc2nc3cc4ccccc4cc3c(=O)n2C)cc1. The lowest BCUT2D eigenvalue weighted by Gasteiger charge is -2.10. The fraction of sp³-hybridized carbons (Fsp3) is 0.217. The summed E-state index contributed by atoms with van der Waals surface area (Å²) in [6, 6.07) is 19.5. The smallest absolute Gasteiger partial charge is 0.261 e. The highest BCUT2D eigenvalue weighted by atomic mass is 32.2. The predicted octanol–water partition coefficient (Wildman–Crippen LogP) is 4.66. The molecule has 0 spiro atoms. The van der Waals surface area contributed by atoms with E-state index in [2.05, 4.69) is 0 Å². The number of thioether (sulfide) groups is 1. The van der Waals surface area contributed by atoms with Gasteiger partial charge in [0.1, 0.15) is 11.5 Å². The summed E-state index contributed by atoms with van der Waals surface area (Å²) in [6.45, 7) is 0.603. The minimum absolute atomic E-state index is 0.0160. The molecule has 4 aromatic rings. The molecule has 29 heavy (non-hydrogen) atoms. The summed E-state index contributed by atoms with van der Waals surface area (Å²) >= 11 is 1.57. The molecule has 0 amide bonds. The Balaban J connectivity index is 1.42. The van der Waals surface area contributed by atoms with E-state index in [1.807, 2.05) is 60.7 Å². The molecule has 0 aliphatic heterocycles. The molecule has 5 nitrogen and oxygen atoms in total. The molecule has 0 N–H and O–H groups in total. The average molecular weight is 407 g/mol. The van der Waals surface area contributed by atoms with Crippen molar-refractivity contribution in [3.8, 4) is 11.5 Å². The second-order valence-corrected chi connectivity index (χ2v) is 7.76. The number of methoxy groups -OCH3 is 1. The third kappa shape index (κ3) is 4.22. The van der Waals surface area contributed by atoms with Crippen LogP contribution >= 0.6 is 11.8 Å². The Hall–Kier alpha value is -2.99. The number of benzene rings is 3. The number of nitrogens with zero attached hydrogens (tertiary/aromatic N) is 2. The van der Waals surface area contributed by atoms with Crippen LogP contribution in [0.4, 0.5) is 0 Å². The maximum atomic E-state index is 12.8. The summed E-state index contributed by atoms with van der Waals surface area (Å²) in [7, 11) is 3.42. The third-order valence-corrected chi connectivity index (χ3v) is 5.87. The van der Waals surface area contributed by atoms with Gasteiger partial charge >= 0.3 is 0 Å². The van der Waals surface area contributed by atoms with E-state index in [4.69, 9.17) is 14.5 Å². The zero-order valence-electron chi connectivity index (χ0n) is 16.4. The summed E-state index contributed by atoms with van der Waals surface area (Å²) in [5.41, 5.74) is 0.724. The van der Waals surface area contributed by atoms with Crippen LogP contribution in [0.5, 0.6) is 11.5 Å². The van der Waals surface area contributed by atoms with Gasteiger partial charge in [0.25, 0.3) is 5.56 Å². The molecule has 0 aliphatic carbocycles. The molecular formula is C23H22N2O3S. The molecule has 3 aromatic carbocycles. The van der Waals surface area contributed by atoms with Gasteiger partial charge in [-0.1, -0.05) is 36.0 Å². The van der Waals surface area contributed by atoms with Gasteiger partial charge < -0.3 is 9.47 Å². The number of fused-ring (bicyclic) bond motifs is 2. The van der Waals surface area contributed by atoms with Crippen LogP contribution in [0.2, 0.25) is 0 Å². The van der Waals surface area contributed by atoms with Crippen LogP contribution in [-0.2, 0) is 7.05 Å². The topological polar surface area (TPSA) is 53.4 Å². The molecule has 6 heteroatoms. The van der Waals surface area contributed by atoms with E-state index >= 15 is 0 Å². The Morgan fingerprint density at radius 2 is 1.69 bits per heavy atom. The summed E-state index contributed by atoms with van der Waals surface area (Å²) in [6.07, 6.45) is 0.850. The molecule has 0 aliphatic rings. The third-order valence-electron chi connectivity index (χ3n) is 4.75. The molecule has 0 saturated carbocycles. The van der Waals surface area contributed by atoms with E-state index in [1.165, 1.54) is 0 Å². The Labute approximate surface area is 173 Å². The number of rotatable bonds is 7. The minimum Gasteiger partial charge on any atom is -0.497 e. The van der Waals surface area contributed by atoms with Gasteiger partial charge in [-0.05, 0) is 53.6 Å². The lowest BCUT2D eigenvalue weighted by molar-refractivity contribution is 0.318. The van der Waals surface area contributed by atoms with Crippen LogP contribution < -0.4 is 15.0 Å². The summed E-state index contributed by atoms with van der Waals surface area (Å²) in [5.74, 6) is 2.44. The molecule has 0 atom stereocenters. The van der Waals surface area contributed by atoms with E-state index in [1.54, 1.807) is 30.5 Å². The van der Waals surface area contributed by atoms with Gasteiger partial charge in [0.15, 0.2) is 5.16 Å². The van der Waals surface area contributed by atoms with Crippen LogP contribution in [0.25, 0.3) is 21.7 Å². The van der Waals surface area contributed by atoms with Gasteiger partial charge in [-0.25, -0.2) is 4.98 Å². The monoisotopic (exact) mass is 406 g/mol. The van der Waals surface area contributed by atoms with Crippen LogP contribution in [0.15, 0.2) is 70.6 Å². The largest absolute Gasteiger partial charge is 0.497 e. The fourth-order valence-corrected chi connectivity index (χ4v) is 4.04. The van der Waals surface area contributed by atoms with Crippen LogP contribution in [0.1, 0.15) is 6.42 Å². The van der Waals surface area contributed by atoms with Crippen LogP contribution in [-0.4, -0.2) is 29.0 Å². The Bertz CT molecular complexity index is 1200. The molecule has 0 fully saturated rings. The highest BCUT2D eigenvalue weighted by Crippen LogP contribution is 2.23. The van der Waals surface area contributed by atoms with Crippen molar-refractivity contribution in [1.82, 2.24) is 9.55 Å². The highest BCUT2D eigenvalue weighted by Gasteiger charge is 2.10. The summed E-state index contributed by atoms with van der Waals surface area (Å²) in [5, 5.41) is 3.51. The summed E-state index contributed by atoms with van der Waals surface area (Å²) < 4.78 is 12.5. The van der Waals surface area contributed by atoms with Crippen molar-refractivity contribution >= 4 is 33.4 Å². The number of aromatic nitrogens is 2. The second kappa shape index (κ2) is 8.57. The van der Waals surface area contributed by atoms with E-state index in [9.17, 15) is 4.79 Å². The van der Waals surface area contributed by atoms with Crippen molar-refractivity contribution in [2.75, 3.05) is 19.5 Å². The van der Waals surface area contributed by atoms with Crippen molar-refractivity contribution in [1.29, 1.82) is 0 Å². The standard InChI is InChI=1S/C23H22N2O3S/c1-25-22(26)20-14-16-6-3-4-7-17(16)15-21(20)24-23(25)29-13-5-12-28-19-10-8-18(27-2)9-11-19/h3-4,6-11,14-15H,5,12-13H2,1-2H3. The van der Waals surface area contributed by atoms with Crippen molar-refractivity contribution in [2.45, 2.75) is 11.6 Å². The van der Waals surface area contributed by atoms with Crippen molar-refractivity contribution < 1.29 is 9.47 Å². The van der Waals surface area contributed by atoms with Crippen molar-refractivity contribution in [3.63, 3.8) is 0 Å². The zero-order valence-corrected chi connectivity index (χ0v) is 17.2. The second-order valence-electron chi connectivity index (χ2n) is 6.70. The number of ether oxygens (including phenoxy) is 2. The Morgan fingerprint density at radius 3 is 2.41 bits per heavy atom. The van der Waals surface area contributed by atoms with Gasteiger partial charge in [-0.15, -0.1) is 0 Å². The lowest BCUT2D eigenvalue weighted by atomic mass is 10.1. The zero-order chi connectivity index (χ0) is 20.2. The van der Waals surface area contributed by atoms with Gasteiger partial charge in [0.2, 0.25) is 0 Å². The van der Waals surface area contributed by atoms with Gasteiger partial charge in [0.05, 0.1) is 24.6 Å². The van der Waals surface area contributed by atoms with E-state index < -0.39 is 0 Å². The molecule has 1 aromatic heterocycles. The average Bonchev–Trinajstić information content (AvgIpc) is 2.76. The van der Waals surface area contributed by atoms with Gasteiger partial charge in [-0.3, -0.25) is 9.36 Å². The molecule has 148 valence electrons. The first-order valence-electron chi connectivity index (χ1n) is 9.45. The normalized spacial score (nSPS) is 11.1. The molecule has 0 unspecified atom stereocenters. The minimum atomic E-state index is -0.0160. The molecular weight excluding hydrogens is 384 g/mol. The van der Waals surface area contributed by atoms with Crippen LogP contribution in [0, 0.1) is 0 Å². The lowest BCUT2D eigenvalue weighted by Crippen LogP contribution is -2.20. The molecule has 0 saturated heterocycles. The molecule has 0 bridgehead atoms. The maximum absolute atomic E-state index is 12.8.